The molecule has 0 saturated carbocycles. The first-order valence-electron chi connectivity index (χ1n) is 5.80. The summed E-state index contributed by atoms with van der Waals surface area (Å²) in [5, 5.41) is 14.3. The van der Waals surface area contributed by atoms with Crippen molar-refractivity contribution in [2.24, 2.45) is 5.92 Å². The summed E-state index contributed by atoms with van der Waals surface area (Å²) in [4.78, 5) is 10.7. The SMILES string of the molecule is C/C(=C\C1CC(C)(C)NC(C)(C)C1)C(=O)[O-]. The maximum absolute atomic E-state index is 10.7. The molecule has 16 heavy (non-hydrogen) atoms. The normalized spacial score (nSPS) is 25.4. The van der Waals surface area contributed by atoms with Gasteiger partial charge in [-0.25, -0.2) is 0 Å². The number of piperidine rings is 1. The van der Waals surface area contributed by atoms with E-state index in [-0.39, 0.29) is 11.1 Å². The van der Waals surface area contributed by atoms with Gasteiger partial charge < -0.3 is 15.2 Å². The molecule has 0 unspecified atom stereocenters. The number of hydrogen-bond donors (Lipinski definition) is 1. The second-order valence-corrected chi connectivity index (χ2v) is 6.20. The van der Waals surface area contributed by atoms with E-state index in [1.165, 1.54) is 0 Å². The number of carboxylic acids is 1. The smallest absolute Gasteiger partial charge is 0.0668 e. The molecule has 0 aromatic rings. The van der Waals surface area contributed by atoms with Crippen LogP contribution in [0.1, 0.15) is 47.5 Å². The topological polar surface area (TPSA) is 52.2 Å². The molecule has 1 aliphatic rings. The Morgan fingerprint density at radius 3 is 2.06 bits per heavy atom. The summed E-state index contributed by atoms with van der Waals surface area (Å²) in [5.41, 5.74) is 0.447. The Morgan fingerprint density at radius 2 is 1.69 bits per heavy atom. The van der Waals surface area contributed by atoms with Gasteiger partial charge in [0.1, 0.15) is 0 Å². The van der Waals surface area contributed by atoms with Gasteiger partial charge in [0.25, 0.3) is 0 Å². The van der Waals surface area contributed by atoms with Crippen LogP contribution >= 0.6 is 0 Å². The molecule has 0 aromatic carbocycles. The molecule has 1 N–H and O–H groups in total. The number of carbonyl (C=O) groups is 1. The molecule has 1 saturated heterocycles. The van der Waals surface area contributed by atoms with Gasteiger partial charge in [-0.1, -0.05) is 6.08 Å². The standard InChI is InChI=1S/C13H23NO2/c1-9(11(15)16)6-10-7-12(2,3)14-13(4,5)8-10/h6,10,14H,7-8H2,1-5H3,(H,15,16)/p-1/b9-6+. The van der Waals surface area contributed by atoms with Crippen molar-refractivity contribution >= 4 is 5.97 Å². The predicted octanol–water partition coefficient (Wildman–Crippen LogP) is 1.24. The van der Waals surface area contributed by atoms with E-state index in [2.05, 4.69) is 33.0 Å². The van der Waals surface area contributed by atoms with E-state index in [4.69, 9.17) is 0 Å². The fraction of sp³-hybridized carbons (Fsp3) is 0.769. The zero-order chi connectivity index (χ0) is 12.6. The van der Waals surface area contributed by atoms with Crippen LogP contribution in [0.25, 0.3) is 0 Å². The molecular formula is C13H22NO2-. The van der Waals surface area contributed by atoms with Crippen LogP contribution in [0.4, 0.5) is 0 Å². The molecule has 1 rings (SSSR count). The lowest BCUT2D eigenvalue weighted by molar-refractivity contribution is -0.299. The van der Waals surface area contributed by atoms with E-state index >= 15 is 0 Å². The fourth-order valence-corrected chi connectivity index (χ4v) is 2.94. The second-order valence-electron chi connectivity index (χ2n) is 6.20. The Labute approximate surface area is 97.9 Å². The van der Waals surface area contributed by atoms with Gasteiger partial charge in [-0.15, -0.1) is 0 Å². The van der Waals surface area contributed by atoms with Crippen molar-refractivity contribution in [3.8, 4) is 0 Å². The van der Waals surface area contributed by atoms with E-state index in [1.54, 1.807) is 6.92 Å². The quantitative estimate of drug-likeness (QED) is 0.718. The highest BCUT2D eigenvalue weighted by molar-refractivity contribution is 5.83. The minimum Gasteiger partial charge on any atom is -0.545 e. The number of carboxylic acid groups (broad SMARTS) is 1. The van der Waals surface area contributed by atoms with E-state index in [1.807, 2.05) is 6.08 Å². The molecule has 0 atom stereocenters. The van der Waals surface area contributed by atoms with E-state index < -0.39 is 5.97 Å². The van der Waals surface area contributed by atoms with Crippen LogP contribution in [-0.2, 0) is 4.79 Å². The van der Waals surface area contributed by atoms with Crippen molar-refractivity contribution in [1.29, 1.82) is 0 Å². The summed E-state index contributed by atoms with van der Waals surface area (Å²) in [6.45, 7) is 10.2. The van der Waals surface area contributed by atoms with Gasteiger partial charge in [0.2, 0.25) is 0 Å². The molecule has 3 heteroatoms. The highest BCUT2D eigenvalue weighted by Gasteiger charge is 2.36. The number of rotatable bonds is 2. The van der Waals surface area contributed by atoms with Gasteiger partial charge in [-0.3, -0.25) is 0 Å². The zero-order valence-electron chi connectivity index (χ0n) is 10.9. The Bertz CT molecular complexity index is 300. The van der Waals surface area contributed by atoms with E-state index in [9.17, 15) is 9.90 Å². The molecule has 0 aromatic heterocycles. The van der Waals surface area contributed by atoms with Gasteiger partial charge in [0.05, 0.1) is 5.97 Å². The van der Waals surface area contributed by atoms with Gasteiger partial charge in [0.15, 0.2) is 0 Å². The maximum Gasteiger partial charge on any atom is 0.0668 e. The molecular weight excluding hydrogens is 202 g/mol. The number of allylic oxidation sites excluding steroid dienone is 1. The molecule has 0 aliphatic carbocycles. The van der Waals surface area contributed by atoms with E-state index in [0.717, 1.165) is 12.8 Å². The van der Waals surface area contributed by atoms with Gasteiger partial charge in [-0.05, 0) is 59.0 Å². The highest BCUT2D eigenvalue weighted by Crippen LogP contribution is 2.33. The lowest BCUT2D eigenvalue weighted by atomic mass is 9.75. The van der Waals surface area contributed by atoms with Crippen LogP contribution in [0.2, 0.25) is 0 Å². The first-order chi connectivity index (χ1) is 7.11. The largest absolute Gasteiger partial charge is 0.545 e. The van der Waals surface area contributed by atoms with E-state index in [0.29, 0.717) is 11.5 Å². The van der Waals surface area contributed by atoms with Crippen LogP contribution in [0, 0.1) is 5.92 Å². The van der Waals surface area contributed by atoms with Crippen LogP contribution in [0.5, 0.6) is 0 Å². The van der Waals surface area contributed by atoms with Crippen molar-refractivity contribution in [1.82, 2.24) is 5.32 Å². The third kappa shape index (κ3) is 3.63. The molecule has 3 nitrogen and oxygen atoms in total. The summed E-state index contributed by atoms with van der Waals surface area (Å²) in [5.74, 6) is -0.752. The van der Waals surface area contributed by atoms with Crippen LogP contribution in [0.3, 0.4) is 0 Å². The first kappa shape index (κ1) is 13.2. The van der Waals surface area contributed by atoms with Crippen molar-refractivity contribution in [3.63, 3.8) is 0 Å². The molecule has 1 fully saturated rings. The predicted molar refractivity (Wildman–Crippen MR) is 62.8 cm³/mol. The fourth-order valence-electron chi connectivity index (χ4n) is 2.94. The molecule has 0 amide bonds. The number of carbonyl (C=O) groups excluding carboxylic acids is 1. The zero-order valence-corrected chi connectivity index (χ0v) is 10.9. The summed E-state index contributed by atoms with van der Waals surface area (Å²) in [7, 11) is 0. The minimum absolute atomic E-state index is 0.0507. The molecule has 1 heterocycles. The number of nitrogens with one attached hydrogen (secondary N) is 1. The van der Waals surface area contributed by atoms with Crippen molar-refractivity contribution < 1.29 is 9.90 Å². The average molecular weight is 224 g/mol. The minimum atomic E-state index is -1.06. The average Bonchev–Trinajstić information content (AvgIpc) is 1.96. The lowest BCUT2D eigenvalue weighted by Crippen LogP contribution is -2.57. The molecule has 0 bridgehead atoms. The molecule has 92 valence electrons. The van der Waals surface area contributed by atoms with Gasteiger partial charge in [-0.2, -0.15) is 0 Å². The Morgan fingerprint density at radius 1 is 1.25 bits per heavy atom. The van der Waals surface area contributed by atoms with Crippen molar-refractivity contribution in [3.05, 3.63) is 11.6 Å². The van der Waals surface area contributed by atoms with Crippen molar-refractivity contribution in [2.45, 2.75) is 58.5 Å². The highest BCUT2D eigenvalue weighted by atomic mass is 16.4. The summed E-state index contributed by atoms with van der Waals surface area (Å²) in [6, 6.07) is 0. The maximum atomic E-state index is 10.7. The third-order valence-electron chi connectivity index (χ3n) is 3.03. The third-order valence-corrected chi connectivity index (χ3v) is 3.03. The Hall–Kier alpha value is -0.830. The summed E-state index contributed by atoms with van der Waals surface area (Å²) >= 11 is 0. The number of aliphatic carboxylic acids is 1. The van der Waals surface area contributed by atoms with Crippen LogP contribution in [0.15, 0.2) is 11.6 Å². The van der Waals surface area contributed by atoms with Gasteiger partial charge >= 0.3 is 0 Å². The van der Waals surface area contributed by atoms with Crippen LogP contribution < -0.4 is 10.4 Å². The summed E-state index contributed by atoms with van der Waals surface area (Å²) in [6.07, 6.45) is 3.77. The molecule has 0 spiro atoms. The van der Waals surface area contributed by atoms with Gasteiger partial charge in [0, 0.05) is 11.1 Å². The summed E-state index contributed by atoms with van der Waals surface area (Å²) < 4.78 is 0. The molecule has 0 radical (unpaired) electrons. The van der Waals surface area contributed by atoms with Crippen LogP contribution in [-0.4, -0.2) is 17.0 Å². The lowest BCUT2D eigenvalue weighted by Gasteiger charge is -2.46. The first-order valence-corrected chi connectivity index (χ1v) is 5.80. The Kier molecular flexibility index (Phi) is 3.48. The number of hydrogen-bond acceptors (Lipinski definition) is 3. The second kappa shape index (κ2) is 4.21. The Balaban J connectivity index is 2.83. The molecule has 1 aliphatic heterocycles. The monoisotopic (exact) mass is 224 g/mol. The van der Waals surface area contributed by atoms with Crippen molar-refractivity contribution in [2.75, 3.05) is 0 Å².